The van der Waals surface area contributed by atoms with Crippen molar-refractivity contribution in [1.29, 1.82) is 0 Å². The largest absolute Gasteiger partial charge is 0.354 e. The van der Waals surface area contributed by atoms with Crippen LogP contribution in [0.1, 0.15) is 52.3 Å². The zero-order valence-electron chi connectivity index (χ0n) is 19.4. The van der Waals surface area contributed by atoms with Gasteiger partial charge in [0.1, 0.15) is 17.9 Å². The normalized spacial score (nSPS) is 24.9. The first-order valence-corrected chi connectivity index (χ1v) is 11.4. The quantitative estimate of drug-likeness (QED) is 0.534. The molecule has 1 saturated heterocycles. The van der Waals surface area contributed by atoms with E-state index in [0.29, 0.717) is 25.3 Å². The van der Waals surface area contributed by atoms with Gasteiger partial charge in [0, 0.05) is 13.1 Å². The number of carbonyl (C=O) groups excluding carboxylic acids is 3. The van der Waals surface area contributed by atoms with Crippen LogP contribution in [0.4, 0.5) is 4.79 Å². The Hall–Kier alpha value is -2.90. The fourth-order valence-electron chi connectivity index (χ4n) is 5.79. The third-order valence-electron chi connectivity index (χ3n) is 6.65. The maximum atomic E-state index is 13.2. The second-order valence-electron chi connectivity index (χ2n) is 10.3. The van der Waals surface area contributed by atoms with Gasteiger partial charge in [0.25, 0.3) is 5.91 Å². The highest BCUT2D eigenvalue weighted by atomic mass is 16.2. The van der Waals surface area contributed by atoms with Crippen LogP contribution < -0.4 is 10.6 Å². The molecule has 1 aliphatic carbocycles. The molecule has 2 N–H and O–H groups in total. The van der Waals surface area contributed by atoms with Crippen LogP contribution in [0.25, 0.3) is 11.0 Å². The number of hydrogen-bond donors (Lipinski definition) is 2. The SMILES string of the molecule is Cc1nc2ccccc2n1CCCNC(=O)CN1C(=O)NC2(CC(C)CC(C)(C)C2)C1=O. The molecule has 0 radical (unpaired) electrons. The predicted octanol–water partition coefficient (Wildman–Crippen LogP) is 2.99. The summed E-state index contributed by atoms with van der Waals surface area (Å²) >= 11 is 0. The number of imide groups is 1. The summed E-state index contributed by atoms with van der Waals surface area (Å²) in [5.41, 5.74) is 1.12. The van der Waals surface area contributed by atoms with Crippen LogP contribution in [0.15, 0.2) is 24.3 Å². The first kappa shape index (κ1) is 22.3. The van der Waals surface area contributed by atoms with Crippen LogP contribution in [0, 0.1) is 18.3 Å². The number of aromatic nitrogens is 2. The summed E-state index contributed by atoms with van der Waals surface area (Å²) in [6.45, 7) is 9.29. The van der Waals surface area contributed by atoms with Crippen molar-refractivity contribution < 1.29 is 14.4 Å². The molecule has 32 heavy (non-hydrogen) atoms. The van der Waals surface area contributed by atoms with Crippen molar-refractivity contribution in [3.63, 3.8) is 0 Å². The molecule has 1 spiro atoms. The van der Waals surface area contributed by atoms with Gasteiger partial charge in [-0.3, -0.25) is 14.5 Å². The van der Waals surface area contributed by atoms with Crippen molar-refractivity contribution in [2.75, 3.05) is 13.1 Å². The molecular weight excluding hydrogens is 406 g/mol. The minimum absolute atomic E-state index is 0.0332. The monoisotopic (exact) mass is 439 g/mol. The lowest BCUT2D eigenvalue weighted by atomic mass is 9.64. The molecule has 172 valence electrons. The molecule has 2 fully saturated rings. The molecule has 1 aromatic heterocycles. The summed E-state index contributed by atoms with van der Waals surface area (Å²) in [4.78, 5) is 43.8. The lowest BCUT2D eigenvalue weighted by molar-refractivity contribution is -0.137. The third-order valence-corrected chi connectivity index (χ3v) is 6.65. The number of nitrogens with one attached hydrogen (secondary N) is 2. The Morgan fingerprint density at radius 3 is 2.75 bits per heavy atom. The second-order valence-corrected chi connectivity index (χ2v) is 10.3. The molecule has 2 unspecified atom stereocenters. The summed E-state index contributed by atoms with van der Waals surface area (Å²) in [6.07, 6.45) is 2.97. The van der Waals surface area contributed by atoms with Gasteiger partial charge in [0.05, 0.1) is 11.0 Å². The minimum atomic E-state index is -0.876. The van der Waals surface area contributed by atoms with Gasteiger partial charge < -0.3 is 15.2 Å². The molecule has 8 heteroatoms. The topological polar surface area (TPSA) is 96.3 Å². The van der Waals surface area contributed by atoms with E-state index in [1.54, 1.807) is 0 Å². The average Bonchev–Trinajstić information content (AvgIpc) is 3.12. The predicted molar refractivity (Wildman–Crippen MR) is 122 cm³/mol. The van der Waals surface area contributed by atoms with Crippen molar-refractivity contribution in [2.45, 2.75) is 65.5 Å². The molecule has 1 saturated carbocycles. The number of urea groups is 1. The first-order chi connectivity index (χ1) is 15.1. The number of hydrogen-bond acceptors (Lipinski definition) is 4. The maximum absolute atomic E-state index is 13.2. The number of nitrogens with zero attached hydrogens (tertiary/aromatic N) is 3. The summed E-state index contributed by atoms with van der Waals surface area (Å²) in [5.74, 6) is 0.685. The van der Waals surface area contributed by atoms with Gasteiger partial charge in [-0.05, 0) is 56.1 Å². The van der Waals surface area contributed by atoms with Crippen LogP contribution >= 0.6 is 0 Å². The highest BCUT2D eigenvalue weighted by Crippen LogP contribution is 2.46. The third kappa shape index (κ3) is 4.23. The second kappa shape index (κ2) is 8.22. The number of fused-ring (bicyclic) bond motifs is 1. The number of amides is 4. The Bertz CT molecular complexity index is 1060. The van der Waals surface area contributed by atoms with E-state index in [0.717, 1.165) is 41.1 Å². The highest BCUT2D eigenvalue weighted by molar-refractivity contribution is 6.09. The smallest absolute Gasteiger partial charge is 0.325 e. The molecule has 1 aromatic carbocycles. The van der Waals surface area contributed by atoms with E-state index in [-0.39, 0.29) is 23.8 Å². The summed E-state index contributed by atoms with van der Waals surface area (Å²) in [7, 11) is 0. The lowest BCUT2D eigenvalue weighted by Gasteiger charge is -2.43. The number of benzene rings is 1. The van der Waals surface area contributed by atoms with Crippen LogP contribution in [0.2, 0.25) is 0 Å². The number of carbonyl (C=O) groups is 3. The minimum Gasteiger partial charge on any atom is -0.354 e. The Labute approximate surface area is 188 Å². The molecule has 2 aromatic rings. The fraction of sp³-hybridized carbons (Fsp3) is 0.583. The van der Waals surface area contributed by atoms with E-state index in [1.807, 2.05) is 31.2 Å². The Kier molecular flexibility index (Phi) is 5.73. The van der Waals surface area contributed by atoms with E-state index in [1.165, 1.54) is 0 Å². The van der Waals surface area contributed by atoms with E-state index in [9.17, 15) is 14.4 Å². The number of imidazole rings is 1. The van der Waals surface area contributed by atoms with E-state index >= 15 is 0 Å². The van der Waals surface area contributed by atoms with Gasteiger partial charge in [0.15, 0.2) is 0 Å². The van der Waals surface area contributed by atoms with Crippen molar-refractivity contribution >= 4 is 28.9 Å². The molecule has 2 heterocycles. The van der Waals surface area contributed by atoms with Gasteiger partial charge >= 0.3 is 6.03 Å². The van der Waals surface area contributed by atoms with Crippen LogP contribution in [0.3, 0.4) is 0 Å². The Morgan fingerprint density at radius 1 is 1.25 bits per heavy atom. The summed E-state index contributed by atoms with van der Waals surface area (Å²) < 4.78 is 2.13. The lowest BCUT2D eigenvalue weighted by Crippen LogP contribution is -2.54. The molecule has 8 nitrogen and oxygen atoms in total. The van der Waals surface area contributed by atoms with Crippen LogP contribution in [-0.4, -0.2) is 50.9 Å². The molecule has 4 amide bonds. The molecule has 0 bridgehead atoms. The van der Waals surface area contributed by atoms with Crippen LogP contribution in [0.5, 0.6) is 0 Å². The van der Waals surface area contributed by atoms with E-state index < -0.39 is 11.6 Å². The summed E-state index contributed by atoms with van der Waals surface area (Å²) in [5, 5.41) is 5.77. The van der Waals surface area contributed by atoms with Gasteiger partial charge in [-0.2, -0.15) is 0 Å². The molecular formula is C24H33N5O3. The molecule has 1 aliphatic heterocycles. The van der Waals surface area contributed by atoms with E-state index in [2.05, 4.69) is 41.0 Å². The van der Waals surface area contributed by atoms with Gasteiger partial charge in [-0.1, -0.05) is 32.9 Å². The number of rotatable bonds is 6. The molecule has 2 atom stereocenters. The number of para-hydroxylation sites is 2. The molecule has 2 aliphatic rings. The van der Waals surface area contributed by atoms with Gasteiger partial charge in [-0.25, -0.2) is 9.78 Å². The van der Waals surface area contributed by atoms with Crippen molar-refractivity contribution in [1.82, 2.24) is 25.1 Å². The first-order valence-electron chi connectivity index (χ1n) is 11.4. The van der Waals surface area contributed by atoms with Crippen molar-refractivity contribution in [3.05, 3.63) is 30.1 Å². The van der Waals surface area contributed by atoms with Gasteiger partial charge in [-0.15, -0.1) is 0 Å². The summed E-state index contributed by atoms with van der Waals surface area (Å²) in [6, 6.07) is 7.51. The van der Waals surface area contributed by atoms with Crippen molar-refractivity contribution in [2.24, 2.45) is 11.3 Å². The fourth-order valence-corrected chi connectivity index (χ4v) is 5.79. The highest BCUT2D eigenvalue weighted by Gasteiger charge is 2.56. The van der Waals surface area contributed by atoms with Crippen molar-refractivity contribution in [3.8, 4) is 0 Å². The Balaban J connectivity index is 1.31. The van der Waals surface area contributed by atoms with Gasteiger partial charge in [0.2, 0.25) is 5.91 Å². The Morgan fingerprint density at radius 2 is 2.00 bits per heavy atom. The average molecular weight is 440 g/mol. The van der Waals surface area contributed by atoms with E-state index in [4.69, 9.17) is 0 Å². The zero-order valence-corrected chi connectivity index (χ0v) is 19.4. The standard InChI is InChI=1S/C24H33N5O3/c1-16-12-23(3,4)15-24(13-16)21(31)29(22(32)27-24)14-20(30)25-10-7-11-28-17(2)26-18-8-5-6-9-19(18)28/h5-6,8-9,16H,7,10-15H2,1-4H3,(H,25,30)(H,27,32). The number of aryl methyl sites for hydroxylation is 2. The maximum Gasteiger partial charge on any atom is 0.325 e. The van der Waals surface area contributed by atoms with Crippen LogP contribution in [-0.2, 0) is 16.1 Å². The molecule has 4 rings (SSSR count). The zero-order chi connectivity index (χ0) is 23.1.